The van der Waals surface area contributed by atoms with Crippen LogP contribution in [0.15, 0.2) is 0 Å². The number of hydrogen-bond acceptors (Lipinski definition) is 6. The molecule has 3 N–H and O–H groups in total. The Bertz CT molecular complexity index is 274. The van der Waals surface area contributed by atoms with Crippen molar-refractivity contribution in [1.82, 2.24) is 0 Å². The number of ether oxygens (including phenoxy) is 1. The van der Waals surface area contributed by atoms with Gasteiger partial charge < -0.3 is 14.9 Å². The highest BCUT2D eigenvalue weighted by Crippen LogP contribution is 2.17. The topological polar surface area (TPSA) is 113 Å². The van der Waals surface area contributed by atoms with E-state index in [0.717, 1.165) is 0 Å². The van der Waals surface area contributed by atoms with Crippen LogP contribution in [0.5, 0.6) is 0 Å². The first-order valence-corrected chi connectivity index (χ1v) is 5.35. The first kappa shape index (κ1) is 11.8. The second kappa shape index (κ2) is 4.51. The summed E-state index contributed by atoms with van der Waals surface area (Å²) in [6, 6.07) is 0. The largest absolute Gasteiger partial charge is 0.397 e. The van der Waals surface area contributed by atoms with Crippen LogP contribution < -0.4 is 0 Å². The molecule has 1 saturated heterocycles. The van der Waals surface area contributed by atoms with Gasteiger partial charge >= 0.3 is 10.4 Å². The van der Waals surface area contributed by atoms with Gasteiger partial charge in [0.15, 0.2) is 0 Å². The highest BCUT2D eigenvalue weighted by molar-refractivity contribution is 7.80. The van der Waals surface area contributed by atoms with Gasteiger partial charge in [-0.05, 0) is 0 Å². The van der Waals surface area contributed by atoms with Crippen LogP contribution in [-0.2, 0) is 19.3 Å². The van der Waals surface area contributed by atoms with Crippen molar-refractivity contribution in [3.05, 3.63) is 0 Å². The Kier molecular flexibility index (Phi) is 3.81. The lowest BCUT2D eigenvalue weighted by Gasteiger charge is -2.30. The summed E-state index contributed by atoms with van der Waals surface area (Å²) in [5.74, 6) is 0. The monoisotopic (exact) mass is 228 g/mol. The van der Waals surface area contributed by atoms with Crippen LogP contribution >= 0.6 is 0 Å². The Labute approximate surface area is 81.2 Å². The molecule has 0 amide bonds. The van der Waals surface area contributed by atoms with Crippen molar-refractivity contribution in [3.63, 3.8) is 0 Å². The quantitative estimate of drug-likeness (QED) is 0.494. The Hall–Kier alpha value is -0.250. The lowest BCUT2D eigenvalue weighted by atomic mass is 10.0. The fourth-order valence-electron chi connectivity index (χ4n) is 1.21. The third-order valence-corrected chi connectivity index (χ3v) is 2.37. The van der Waals surface area contributed by atoms with E-state index in [9.17, 15) is 13.5 Å². The molecule has 0 radical (unpaired) electrons. The van der Waals surface area contributed by atoms with E-state index >= 15 is 0 Å². The van der Waals surface area contributed by atoms with Crippen LogP contribution in [0.3, 0.4) is 0 Å². The van der Waals surface area contributed by atoms with Crippen molar-refractivity contribution in [1.29, 1.82) is 0 Å². The van der Waals surface area contributed by atoms with E-state index in [-0.39, 0.29) is 19.6 Å². The van der Waals surface area contributed by atoms with E-state index in [1.165, 1.54) is 0 Å². The minimum atomic E-state index is -4.58. The van der Waals surface area contributed by atoms with Gasteiger partial charge in [-0.3, -0.25) is 4.55 Å². The van der Waals surface area contributed by atoms with Crippen LogP contribution in [0.1, 0.15) is 6.42 Å². The van der Waals surface area contributed by atoms with Gasteiger partial charge in [-0.15, -0.1) is 0 Å². The highest BCUT2D eigenvalue weighted by atomic mass is 32.3. The predicted octanol–water partition coefficient (Wildman–Crippen LogP) is -1.68. The van der Waals surface area contributed by atoms with Crippen molar-refractivity contribution in [3.8, 4) is 0 Å². The molecule has 0 bridgehead atoms. The summed E-state index contributed by atoms with van der Waals surface area (Å²) in [5, 5.41) is 18.0. The zero-order valence-electron chi connectivity index (χ0n) is 7.24. The molecule has 0 aromatic carbocycles. The molecule has 8 heteroatoms. The fourth-order valence-corrected chi connectivity index (χ4v) is 1.70. The molecule has 0 aromatic rings. The van der Waals surface area contributed by atoms with Gasteiger partial charge in [0, 0.05) is 6.42 Å². The fraction of sp³-hybridized carbons (Fsp3) is 1.00. The molecular weight excluding hydrogens is 216 g/mol. The molecule has 0 saturated carbocycles. The van der Waals surface area contributed by atoms with Gasteiger partial charge in [0.25, 0.3) is 0 Å². The number of aliphatic hydroxyl groups excluding tert-OH is 2. The standard InChI is InChI=1S/C6H12O7S/c7-2-4-1-5(8)6(3-12-4)13-14(9,10)11/h4-8H,1-3H2,(H,9,10,11)/t4-,5?,6?/m1/s1. The molecule has 84 valence electrons. The van der Waals surface area contributed by atoms with E-state index in [2.05, 4.69) is 4.18 Å². The molecule has 7 nitrogen and oxygen atoms in total. The minimum Gasteiger partial charge on any atom is -0.394 e. The summed E-state index contributed by atoms with van der Waals surface area (Å²) in [6.45, 7) is -0.443. The zero-order valence-corrected chi connectivity index (χ0v) is 8.05. The Balaban J connectivity index is 2.50. The first-order valence-electron chi connectivity index (χ1n) is 3.98. The van der Waals surface area contributed by atoms with Crippen molar-refractivity contribution in [2.24, 2.45) is 0 Å². The summed E-state index contributed by atoms with van der Waals surface area (Å²) in [6.07, 6.45) is -2.65. The second-order valence-electron chi connectivity index (χ2n) is 3.00. The predicted molar refractivity (Wildman–Crippen MR) is 43.9 cm³/mol. The molecule has 3 atom stereocenters. The average Bonchev–Trinajstić information content (AvgIpc) is 2.06. The van der Waals surface area contributed by atoms with Gasteiger partial charge in [-0.25, -0.2) is 4.18 Å². The van der Waals surface area contributed by atoms with Gasteiger partial charge in [0.05, 0.1) is 25.4 Å². The first-order chi connectivity index (χ1) is 6.42. The number of aliphatic hydroxyl groups is 2. The van der Waals surface area contributed by atoms with Crippen LogP contribution in [0.25, 0.3) is 0 Å². The molecule has 1 aliphatic heterocycles. The Morgan fingerprint density at radius 2 is 2.14 bits per heavy atom. The van der Waals surface area contributed by atoms with Crippen molar-refractivity contribution < 1.29 is 32.1 Å². The number of rotatable bonds is 3. The number of hydrogen-bond donors (Lipinski definition) is 3. The van der Waals surface area contributed by atoms with E-state index in [4.69, 9.17) is 14.4 Å². The summed E-state index contributed by atoms with van der Waals surface area (Å²) in [7, 11) is -4.58. The lowest BCUT2D eigenvalue weighted by molar-refractivity contribution is -0.123. The van der Waals surface area contributed by atoms with Gasteiger partial charge in [-0.2, -0.15) is 8.42 Å². The summed E-state index contributed by atoms with van der Waals surface area (Å²) in [5.41, 5.74) is 0. The Morgan fingerprint density at radius 1 is 1.50 bits per heavy atom. The SMILES string of the molecule is O=S(=O)(O)OC1CO[C@@H](CO)CC1O. The molecule has 0 aliphatic carbocycles. The summed E-state index contributed by atoms with van der Waals surface area (Å²) < 4.78 is 38.1. The van der Waals surface area contributed by atoms with E-state index in [1.54, 1.807) is 0 Å². The van der Waals surface area contributed by atoms with Crippen molar-refractivity contribution in [2.75, 3.05) is 13.2 Å². The third kappa shape index (κ3) is 3.48. The van der Waals surface area contributed by atoms with E-state index < -0.39 is 28.7 Å². The normalized spacial score (nSPS) is 34.4. The van der Waals surface area contributed by atoms with Crippen LogP contribution in [0, 0.1) is 0 Å². The minimum absolute atomic E-state index is 0.0662. The van der Waals surface area contributed by atoms with Crippen LogP contribution in [0.2, 0.25) is 0 Å². The van der Waals surface area contributed by atoms with E-state index in [0.29, 0.717) is 0 Å². The second-order valence-corrected chi connectivity index (χ2v) is 4.05. The smallest absolute Gasteiger partial charge is 0.394 e. The van der Waals surface area contributed by atoms with E-state index in [1.807, 2.05) is 0 Å². The highest BCUT2D eigenvalue weighted by Gasteiger charge is 2.33. The Morgan fingerprint density at radius 3 is 2.57 bits per heavy atom. The molecule has 1 aliphatic rings. The van der Waals surface area contributed by atoms with Gasteiger partial charge in [0.2, 0.25) is 0 Å². The van der Waals surface area contributed by atoms with Crippen molar-refractivity contribution in [2.45, 2.75) is 24.7 Å². The van der Waals surface area contributed by atoms with Gasteiger partial charge in [0.1, 0.15) is 6.10 Å². The maximum Gasteiger partial charge on any atom is 0.397 e. The third-order valence-electron chi connectivity index (χ3n) is 1.88. The van der Waals surface area contributed by atoms with Gasteiger partial charge in [-0.1, -0.05) is 0 Å². The molecule has 14 heavy (non-hydrogen) atoms. The van der Waals surface area contributed by atoms with Crippen molar-refractivity contribution >= 4 is 10.4 Å². The van der Waals surface area contributed by atoms with Crippen LogP contribution in [-0.4, -0.2) is 54.7 Å². The summed E-state index contributed by atoms with van der Waals surface area (Å²) >= 11 is 0. The molecule has 0 aromatic heterocycles. The average molecular weight is 228 g/mol. The summed E-state index contributed by atoms with van der Waals surface area (Å²) in [4.78, 5) is 0. The molecule has 2 unspecified atom stereocenters. The molecule has 1 rings (SSSR count). The molecule has 1 heterocycles. The maximum atomic E-state index is 10.3. The molecule has 0 spiro atoms. The van der Waals surface area contributed by atoms with Crippen LogP contribution in [0.4, 0.5) is 0 Å². The molecule has 1 fully saturated rings. The maximum absolute atomic E-state index is 10.3. The molecular formula is C6H12O7S. The zero-order chi connectivity index (χ0) is 10.8. The lowest BCUT2D eigenvalue weighted by Crippen LogP contribution is -2.44.